The average Bonchev–Trinajstić information content (AvgIpc) is 2.65. The predicted molar refractivity (Wildman–Crippen MR) is 48.8 cm³/mol. The van der Waals surface area contributed by atoms with E-state index in [9.17, 15) is 4.79 Å². The van der Waals surface area contributed by atoms with Gasteiger partial charge in [-0.25, -0.2) is 0 Å². The van der Waals surface area contributed by atoms with Crippen molar-refractivity contribution in [3.63, 3.8) is 0 Å². The monoisotopic (exact) mass is 182 g/mol. The van der Waals surface area contributed by atoms with Gasteiger partial charge in [0.1, 0.15) is 6.26 Å². The fraction of sp³-hybridized carbons (Fsp3) is 0.500. The second-order valence-electron chi connectivity index (χ2n) is 2.74. The van der Waals surface area contributed by atoms with Crippen molar-refractivity contribution in [1.29, 1.82) is 0 Å². The van der Waals surface area contributed by atoms with E-state index in [4.69, 9.17) is 9.15 Å². The minimum absolute atomic E-state index is 0.119. The number of Topliss-reactive ketones (excluding diaryl/α,β-unsaturated/α-hetero) is 1. The van der Waals surface area contributed by atoms with Crippen molar-refractivity contribution >= 4 is 5.78 Å². The number of ketones is 1. The third-order valence-corrected chi connectivity index (χ3v) is 1.74. The molecule has 1 aromatic rings. The smallest absolute Gasteiger partial charge is 0.166 e. The zero-order chi connectivity index (χ0) is 9.52. The first-order valence-electron chi connectivity index (χ1n) is 4.47. The van der Waals surface area contributed by atoms with Crippen LogP contribution in [0.3, 0.4) is 0 Å². The van der Waals surface area contributed by atoms with Gasteiger partial charge in [-0.1, -0.05) is 0 Å². The second kappa shape index (κ2) is 5.54. The van der Waals surface area contributed by atoms with Gasteiger partial charge in [-0.3, -0.25) is 4.79 Å². The Balaban J connectivity index is 2.19. The molecule has 1 aromatic heterocycles. The molecule has 0 saturated heterocycles. The van der Waals surface area contributed by atoms with Gasteiger partial charge < -0.3 is 9.15 Å². The van der Waals surface area contributed by atoms with E-state index in [0.717, 1.165) is 6.42 Å². The van der Waals surface area contributed by atoms with Crippen LogP contribution in [0.4, 0.5) is 0 Å². The molecule has 0 fully saturated rings. The van der Waals surface area contributed by atoms with Crippen molar-refractivity contribution in [1.82, 2.24) is 0 Å². The predicted octanol–water partition coefficient (Wildman–Crippen LogP) is 2.28. The lowest BCUT2D eigenvalue weighted by atomic mass is 10.1. The number of carbonyl (C=O) groups excluding carboxylic acids is 1. The van der Waals surface area contributed by atoms with Gasteiger partial charge in [-0.15, -0.1) is 0 Å². The highest BCUT2D eigenvalue weighted by molar-refractivity contribution is 5.95. The molecule has 13 heavy (non-hydrogen) atoms. The van der Waals surface area contributed by atoms with Crippen LogP contribution < -0.4 is 0 Å². The molecule has 3 heteroatoms. The highest BCUT2D eigenvalue weighted by Crippen LogP contribution is 2.05. The molecule has 0 aliphatic rings. The molecule has 0 amide bonds. The summed E-state index contributed by atoms with van der Waals surface area (Å²) in [5.41, 5.74) is 0.650. The number of carbonyl (C=O) groups is 1. The summed E-state index contributed by atoms with van der Waals surface area (Å²) in [5, 5.41) is 0. The van der Waals surface area contributed by atoms with Crippen molar-refractivity contribution in [3.05, 3.63) is 24.2 Å². The van der Waals surface area contributed by atoms with Crippen LogP contribution in [0, 0.1) is 0 Å². The van der Waals surface area contributed by atoms with Crippen LogP contribution >= 0.6 is 0 Å². The van der Waals surface area contributed by atoms with Crippen LogP contribution in [0.25, 0.3) is 0 Å². The quantitative estimate of drug-likeness (QED) is 0.500. The zero-order valence-electron chi connectivity index (χ0n) is 7.79. The molecule has 0 aliphatic heterocycles. The van der Waals surface area contributed by atoms with E-state index in [2.05, 4.69) is 0 Å². The molecule has 3 nitrogen and oxygen atoms in total. The lowest BCUT2D eigenvalue weighted by Gasteiger charge is -1.98. The number of hydrogen-bond acceptors (Lipinski definition) is 3. The maximum Gasteiger partial charge on any atom is 0.166 e. The average molecular weight is 182 g/mol. The molecule has 1 heterocycles. The maximum absolute atomic E-state index is 11.4. The highest BCUT2D eigenvalue weighted by Gasteiger charge is 2.05. The van der Waals surface area contributed by atoms with Crippen molar-refractivity contribution in [3.8, 4) is 0 Å². The van der Waals surface area contributed by atoms with Crippen molar-refractivity contribution in [2.75, 3.05) is 13.2 Å². The summed E-state index contributed by atoms with van der Waals surface area (Å²) in [5.74, 6) is 0.119. The Morgan fingerprint density at radius 2 is 2.46 bits per heavy atom. The number of rotatable bonds is 6. The highest BCUT2D eigenvalue weighted by atomic mass is 16.5. The van der Waals surface area contributed by atoms with E-state index < -0.39 is 0 Å². The number of ether oxygens (including phenoxy) is 1. The number of furan rings is 1. The van der Waals surface area contributed by atoms with Gasteiger partial charge in [0.05, 0.1) is 11.8 Å². The SMILES string of the molecule is CCOCCCC(=O)c1ccoc1. The Kier molecular flexibility index (Phi) is 4.26. The van der Waals surface area contributed by atoms with Gasteiger partial charge in [0, 0.05) is 19.6 Å². The van der Waals surface area contributed by atoms with Crippen molar-refractivity contribution in [2.45, 2.75) is 19.8 Å². The molecule has 0 radical (unpaired) electrons. The molecule has 0 saturated carbocycles. The van der Waals surface area contributed by atoms with Crippen LogP contribution in [0.5, 0.6) is 0 Å². The van der Waals surface area contributed by atoms with E-state index in [1.54, 1.807) is 6.07 Å². The molecule has 0 aromatic carbocycles. The summed E-state index contributed by atoms with van der Waals surface area (Å²) in [6.07, 6.45) is 4.29. The van der Waals surface area contributed by atoms with Crippen LogP contribution in [-0.2, 0) is 4.74 Å². The van der Waals surface area contributed by atoms with Crippen LogP contribution in [-0.4, -0.2) is 19.0 Å². The Hall–Kier alpha value is -1.09. The number of hydrogen-bond donors (Lipinski definition) is 0. The van der Waals surface area contributed by atoms with E-state index >= 15 is 0 Å². The van der Waals surface area contributed by atoms with Crippen molar-refractivity contribution < 1.29 is 13.9 Å². The molecular weight excluding hydrogens is 168 g/mol. The van der Waals surface area contributed by atoms with Crippen LogP contribution in [0.2, 0.25) is 0 Å². The largest absolute Gasteiger partial charge is 0.472 e. The van der Waals surface area contributed by atoms with E-state index in [0.29, 0.717) is 25.2 Å². The topological polar surface area (TPSA) is 39.4 Å². The van der Waals surface area contributed by atoms with E-state index in [1.807, 2.05) is 6.92 Å². The van der Waals surface area contributed by atoms with Gasteiger partial charge in [-0.2, -0.15) is 0 Å². The lowest BCUT2D eigenvalue weighted by Crippen LogP contribution is -2.00. The molecule has 0 atom stereocenters. The third kappa shape index (κ3) is 3.42. The minimum Gasteiger partial charge on any atom is -0.472 e. The summed E-state index contributed by atoms with van der Waals surface area (Å²) in [7, 11) is 0. The second-order valence-corrected chi connectivity index (χ2v) is 2.74. The summed E-state index contributed by atoms with van der Waals surface area (Å²) >= 11 is 0. The molecule has 0 N–H and O–H groups in total. The van der Waals surface area contributed by atoms with Gasteiger partial charge >= 0.3 is 0 Å². The first-order chi connectivity index (χ1) is 6.34. The van der Waals surface area contributed by atoms with Gasteiger partial charge in [-0.05, 0) is 19.4 Å². The Bertz CT molecular complexity index is 239. The molecule has 1 rings (SSSR count). The normalized spacial score (nSPS) is 10.2. The van der Waals surface area contributed by atoms with E-state index in [-0.39, 0.29) is 5.78 Å². The first kappa shape index (κ1) is 9.99. The third-order valence-electron chi connectivity index (χ3n) is 1.74. The van der Waals surface area contributed by atoms with Gasteiger partial charge in [0.25, 0.3) is 0 Å². The van der Waals surface area contributed by atoms with Gasteiger partial charge in [0.15, 0.2) is 5.78 Å². The Labute approximate surface area is 77.7 Å². The summed E-state index contributed by atoms with van der Waals surface area (Å²) in [4.78, 5) is 11.4. The Morgan fingerprint density at radius 3 is 3.08 bits per heavy atom. The molecule has 72 valence electrons. The fourth-order valence-electron chi connectivity index (χ4n) is 1.05. The molecular formula is C10H14O3. The van der Waals surface area contributed by atoms with Crippen molar-refractivity contribution in [2.24, 2.45) is 0 Å². The summed E-state index contributed by atoms with van der Waals surface area (Å²) in [6, 6.07) is 1.68. The van der Waals surface area contributed by atoms with Crippen LogP contribution in [0.1, 0.15) is 30.1 Å². The van der Waals surface area contributed by atoms with Crippen LogP contribution in [0.15, 0.2) is 23.0 Å². The Morgan fingerprint density at radius 1 is 1.62 bits per heavy atom. The molecule has 0 aliphatic carbocycles. The molecule has 0 unspecified atom stereocenters. The first-order valence-corrected chi connectivity index (χ1v) is 4.47. The maximum atomic E-state index is 11.4. The molecule has 0 bridgehead atoms. The van der Waals surface area contributed by atoms with E-state index in [1.165, 1.54) is 12.5 Å². The standard InChI is InChI=1S/C10H14O3/c1-2-12-6-3-4-10(11)9-5-7-13-8-9/h5,7-8H,2-4,6H2,1H3. The fourth-order valence-corrected chi connectivity index (χ4v) is 1.05. The minimum atomic E-state index is 0.119. The molecule has 0 spiro atoms. The summed E-state index contributed by atoms with van der Waals surface area (Å²) in [6.45, 7) is 3.30. The zero-order valence-corrected chi connectivity index (χ0v) is 7.79. The lowest BCUT2D eigenvalue weighted by molar-refractivity contribution is 0.0946. The van der Waals surface area contributed by atoms with Gasteiger partial charge in [0.2, 0.25) is 0 Å². The summed E-state index contributed by atoms with van der Waals surface area (Å²) < 4.78 is 9.94.